The van der Waals surface area contributed by atoms with E-state index in [-0.39, 0.29) is 28.2 Å². The van der Waals surface area contributed by atoms with Crippen molar-refractivity contribution >= 4 is 28.9 Å². The Kier molecular flexibility index (Phi) is 9.52. The zero-order valence-corrected chi connectivity index (χ0v) is 21.8. The van der Waals surface area contributed by atoms with Gasteiger partial charge < -0.3 is 15.8 Å². The smallest absolute Gasteiger partial charge is 0.399 e. The minimum atomic E-state index is -4.88. The molecule has 1 aromatic carbocycles. The second kappa shape index (κ2) is 12.2. The van der Waals surface area contributed by atoms with Gasteiger partial charge in [0.2, 0.25) is 5.28 Å². The van der Waals surface area contributed by atoms with Crippen LogP contribution < -0.4 is 11.1 Å². The number of nitrogens with one attached hydrogen (secondary N) is 1. The van der Waals surface area contributed by atoms with Crippen molar-refractivity contribution in [3.63, 3.8) is 0 Å². The standard InChI is InChI=1S/C26H31ClF4N4O2/c1-4-8-37-9-7-14(2)22(36)11-16-5-6-18-21(10-16)34-25(27)35-24(18)33-15(3)19-12-17(32)13-20(23(19)28)26(29,30)31/h11-15H,4-10,32H2,1-3H3,(H,33,34,35)/t14-,15?/m0/s1. The Hall–Kier alpha value is -2.72. The summed E-state index contributed by atoms with van der Waals surface area (Å²) in [5.74, 6) is -1.24. The number of carbonyl (C=O) groups is 1. The van der Waals surface area contributed by atoms with Crippen LogP contribution in [0, 0.1) is 11.7 Å². The molecule has 1 aromatic heterocycles. The minimum Gasteiger partial charge on any atom is -0.399 e. The summed E-state index contributed by atoms with van der Waals surface area (Å²) in [5, 5.41) is 2.92. The van der Waals surface area contributed by atoms with Crippen molar-refractivity contribution < 1.29 is 27.1 Å². The molecule has 0 fully saturated rings. The van der Waals surface area contributed by atoms with Gasteiger partial charge in [0.15, 0.2) is 5.78 Å². The molecular weight excluding hydrogens is 512 g/mol. The Balaban J connectivity index is 1.79. The summed E-state index contributed by atoms with van der Waals surface area (Å²) in [6, 6.07) is 0.843. The molecule has 37 heavy (non-hydrogen) atoms. The number of carbonyl (C=O) groups excluding carboxylic acids is 1. The van der Waals surface area contributed by atoms with Crippen molar-refractivity contribution in [1.29, 1.82) is 0 Å². The fourth-order valence-corrected chi connectivity index (χ4v) is 4.39. The molecule has 0 saturated carbocycles. The summed E-state index contributed by atoms with van der Waals surface area (Å²) in [4.78, 5) is 21.2. The number of hydrogen-bond acceptors (Lipinski definition) is 6. The van der Waals surface area contributed by atoms with Gasteiger partial charge in [0.05, 0.1) is 17.3 Å². The summed E-state index contributed by atoms with van der Waals surface area (Å²) < 4.78 is 60.0. The van der Waals surface area contributed by atoms with Crippen molar-refractivity contribution in [2.24, 2.45) is 5.92 Å². The van der Waals surface area contributed by atoms with Gasteiger partial charge >= 0.3 is 6.18 Å². The van der Waals surface area contributed by atoms with Crippen molar-refractivity contribution in [3.05, 3.63) is 57.3 Å². The Bertz CT molecular complexity index is 1170. The molecule has 6 nitrogen and oxygen atoms in total. The number of nitrogens with zero attached hydrogens (tertiary/aromatic N) is 2. The van der Waals surface area contributed by atoms with Gasteiger partial charge in [-0.2, -0.15) is 13.2 Å². The topological polar surface area (TPSA) is 90.1 Å². The van der Waals surface area contributed by atoms with E-state index in [1.54, 1.807) is 6.08 Å². The van der Waals surface area contributed by atoms with Crippen LogP contribution >= 0.6 is 11.6 Å². The number of nitrogens with two attached hydrogens (primary N) is 1. The first-order valence-corrected chi connectivity index (χ1v) is 12.6. The maximum Gasteiger partial charge on any atom is 0.419 e. The van der Waals surface area contributed by atoms with E-state index in [1.807, 2.05) is 13.8 Å². The summed E-state index contributed by atoms with van der Waals surface area (Å²) in [7, 11) is 0. The number of ether oxygens (including phenoxy) is 1. The fourth-order valence-electron chi connectivity index (χ4n) is 4.21. The quantitative estimate of drug-likeness (QED) is 0.117. The third-order valence-electron chi connectivity index (χ3n) is 6.28. The number of benzene rings is 1. The van der Waals surface area contributed by atoms with E-state index < -0.39 is 23.6 Å². The van der Waals surface area contributed by atoms with Crippen LogP contribution in [-0.4, -0.2) is 29.0 Å². The van der Waals surface area contributed by atoms with Crippen LogP contribution in [0.3, 0.4) is 0 Å². The third-order valence-corrected chi connectivity index (χ3v) is 6.45. The number of ketones is 1. The first-order chi connectivity index (χ1) is 17.4. The largest absolute Gasteiger partial charge is 0.419 e. The number of halogens is 5. The van der Waals surface area contributed by atoms with Gasteiger partial charge in [0.25, 0.3) is 0 Å². The molecule has 3 rings (SSSR count). The SMILES string of the molecule is CCCOCC[C@H](C)C(=O)C=C1CCc2c(nc(Cl)nc2NC(C)c2cc(N)cc(C(F)(F)F)c2F)C1. The molecule has 0 saturated heterocycles. The highest BCUT2D eigenvalue weighted by Crippen LogP contribution is 2.37. The number of nitrogen functional groups attached to an aromatic ring is 1. The molecule has 3 N–H and O–H groups in total. The van der Waals surface area contributed by atoms with Crippen LogP contribution in [0.2, 0.25) is 5.28 Å². The van der Waals surface area contributed by atoms with Crippen molar-refractivity contribution in [2.75, 3.05) is 24.3 Å². The van der Waals surface area contributed by atoms with Gasteiger partial charge in [-0.3, -0.25) is 4.79 Å². The van der Waals surface area contributed by atoms with Crippen LogP contribution in [0.15, 0.2) is 23.8 Å². The summed E-state index contributed by atoms with van der Waals surface area (Å²) in [6.07, 6.45) is -0.217. The average molecular weight is 543 g/mol. The van der Waals surface area contributed by atoms with Gasteiger partial charge in [0.1, 0.15) is 11.6 Å². The van der Waals surface area contributed by atoms with Gasteiger partial charge in [-0.1, -0.05) is 19.4 Å². The molecule has 0 aliphatic heterocycles. The molecule has 1 aliphatic rings. The molecule has 0 spiro atoms. The third kappa shape index (κ3) is 7.41. The number of alkyl halides is 3. The van der Waals surface area contributed by atoms with Gasteiger partial charge in [0, 0.05) is 42.4 Å². The lowest BCUT2D eigenvalue weighted by Crippen LogP contribution is -2.19. The number of hydrogen-bond donors (Lipinski definition) is 2. The molecule has 2 aromatic rings. The van der Waals surface area contributed by atoms with E-state index in [4.69, 9.17) is 22.1 Å². The van der Waals surface area contributed by atoms with Gasteiger partial charge in [-0.15, -0.1) is 0 Å². The van der Waals surface area contributed by atoms with Crippen LogP contribution in [-0.2, 0) is 28.5 Å². The maximum absolute atomic E-state index is 14.8. The predicted molar refractivity (Wildman–Crippen MR) is 135 cm³/mol. The summed E-state index contributed by atoms with van der Waals surface area (Å²) in [6.45, 7) is 6.60. The monoisotopic (exact) mass is 542 g/mol. The number of aromatic nitrogens is 2. The molecule has 1 heterocycles. The summed E-state index contributed by atoms with van der Waals surface area (Å²) in [5.41, 5.74) is 6.00. The van der Waals surface area contributed by atoms with E-state index in [2.05, 4.69) is 15.3 Å². The average Bonchev–Trinajstić information content (AvgIpc) is 2.81. The second-order valence-electron chi connectivity index (χ2n) is 9.29. The van der Waals surface area contributed by atoms with E-state index >= 15 is 0 Å². The highest BCUT2D eigenvalue weighted by Gasteiger charge is 2.36. The maximum atomic E-state index is 14.8. The Morgan fingerprint density at radius 2 is 1.97 bits per heavy atom. The Morgan fingerprint density at radius 1 is 1.24 bits per heavy atom. The molecule has 11 heteroatoms. The molecular formula is C26H31ClF4N4O2. The molecule has 1 aliphatic carbocycles. The van der Waals surface area contributed by atoms with Crippen LogP contribution in [0.1, 0.15) is 68.5 Å². The van der Waals surface area contributed by atoms with Gasteiger partial charge in [-0.25, -0.2) is 14.4 Å². The Labute approximate surface area is 218 Å². The second-order valence-corrected chi connectivity index (χ2v) is 9.62. The number of allylic oxidation sites excluding steroid dienone is 2. The molecule has 2 atom stereocenters. The lowest BCUT2D eigenvalue weighted by atomic mass is 9.89. The molecule has 0 amide bonds. The number of anilines is 2. The number of rotatable bonds is 10. The summed E-state index contributed by atoms with van der Waals surface area (Å²) >= 11 is 6.13. The predicted octanol–water partition coefficient (Wildman–Crippen LogP) is 6.48. The highest BCUT2D eigenvalue weighted by atomic mass is 35.5. The van der Waals surface area contributed by atoms with E-state index in [9.17, 15) is 22.4 Å². The van der Waals surface area contributed by atoms with Crippen LogP contribution in [0.4, 0.5) is 29.1 Å². The van der Waals surface area contributed by atoms with Crippen LogP contribution in [0.25, 0.3) is 0 Å². The zero-order valence-electron chi connectivity index (χ0n) is 21.0. The number of fused-ring (bicyclic) bond motifs is 1. The lowest BCUT2D eigenvalue weighted by molar-refractivity contribution is -0.140. The van der Waals surface area contributed by atoms with Crippen molar-refractivity contribution in [3.8, 4) is 0 Å². The van der Waals surface area contributed by atoms with E-state index in [1.165, 1.54) is 13.0 Å². The van der Waals surface area contributed by atoms with Crippen LogP contribution in [0.5, 0.6) is 0 Å². The molecule has 1 unspecified atom stereocenters. The van der Waals surface area contributed by atoms with E-state index in [0.717, 1.165) is 17.6 Å². The van der Waals surface area contributed by atoms with Crippen molar-refractivity contribution in [2.45, 2.75) is 65.1 Å². The Morgan fingerprint density at radius 3 is 2.65 bits per heavy atom. The first kappa shape index (κ1) is 28.8. The van der Waals surface area contributed by atoms with Gasteiger partial charge in [-0.05, 0) is 62.4 Å². The highest BCUT2D eigenvalue weighted by molar-refractivity contribution is 6.28. The zero-order chi connectivity index (χ0) is 27.3. The van der Waals surface area contributed by atoms with Crippen molar-refractivity contribution in [1.82, 2.24) is 9.97 Å². The molecule has 0 bridgehead atoms. The molecule has 0 radical (unpaired) electrons. The normalized spacial score (nSPS) is 16.4. The minimum absolute atomic E-state index is 0.0169. The first-order valence-electron chi connectivity index (χ1n) is 12.2. The fraction of sp³-hybridized carbons (Fsp3) is 0.500. The van der Waals surface area contributed by atoms with E-state index in [0.29, 0.717) is 56.5 Å². The lowest BCUT2D eigenvalue weighted by Gasteiger charge is -2.24. The molecule has 202 valence electrons.